The van der Waals surface area contributed by atoms with Gasteiger partial charge in [-0.1, -0.05) is 38.0 Å². The summed E-state index contributed by atoms with van der Waals surface area (Å²) in [5.41, 5.74) is 0.673. The number of benzene rings is 1. The Hall–Kier alpha value is -1.86. The Balaban J connectivity index is 1.70. The first-order valence-corrected chi connectivity index (χ1v) is 9.76. The summed E-state index contributed by atoms with van der Waals surface area (Å²) >= 11 is 0. The number of tetrazole rings is 1. The van der Waals surface area contributed by atoms with Gasteiger partial charge >= 0.3 is 0 Å². The van der Waals surface area contributed by atoms with Crippen LogP contribution in [0.25, 0.3) is 0 Å². The molecule has 7 heteroatoms. The summed E-state index contributed by atoms with van der Waals surface area (Å²) in [5, 5.41) is 12.6. The molecule has 0 spiro atoms. The summed E-state index contributed by atoms with van der Waals surface area (Å²) in [5.74, 6) is 0.600. The van der Waals surface area contributed by atoms with Crippen LogP contribution in [0.2, 0.25) is 0 Å². The smallest absolute Gasteiger partial charge is 0.173 e. The van der Waals surface area contributed by atoms with Gasteiger partial charge in [0.25, 0.3) is 0 Å². The van der Waals surface area contributed by atoms with E-state index < -0.39 is 0 Å². The lowest BCUT2D eigenvalue weighted by Gasteiger charge is -2.38. The maximum Gasteiger partial charge on any atom is 0.173 e. The van der Waals surface area contributed by atoms with Gasteiger partial charge in [-0.3, -0.25) is 4.90 Å². The number of halogens is 1. The molecular weight excluding hydrogens is 331 g/mol. The average molecular weight is 358 g/mol. The second-order valence-corrected chi connectivity index (χ2v) is 7.31. The first-order valence-electron chi connectivity index (χ1n) is 9.76. The van der Waals surface area contributed by atoms with Crippen molar-refractivity contribution in [3.63, 3.8) is 0 Å². The van der Waals surface area contributed by atoms with Crippen LogP contribution in [-0.4, -0.2) is 62.7 Å². The van der Waals surface area contributed by atoms with Crippen LogP contribution in [0.15, 0.2) is 24.3 Å². The van der Waals surface area contributed by atoms with E-state index in [1.54, 1.807) is 6.07 Å². The van der Waals surface area contributed by atoms with Crippen LogP contribution < -0.4 is 0 Å². The topological polar surface area (TPSA) is 50.1 Å². The molecule has 1 saturated heterocycles. The van der Waals surface area contributed by atoms with Crippen LogP contribution >= 0.6 is 0 Å². The van der Waals surface area contributed by atoms with Crippen molar-refractivity contribution in [3.8, 4) is 0 Å². The van der Waals surface area contributed by atoms with Crippen LogP contribution in [0.1, 0.15) is 56.1 Å². The fourth-order valence-electron chi connectivity index (χ4n) is 4.32. The largest absolute Gasteiger partial charge is 0.301 e. The van der Waals surface area contributed by atoms with Crippen molar-refractivity contribution in [1.29, 1.82) is 0 Å². The van der Waals surface area contributed by atoms with Crippen molar-refractivity contribution in [2.75, 3.05) is 32.7 Å². The minimum Gasteiger partial charge on any atom is -0.301 e. The summed E-state index contributed by atoms with van der Waals surface area (Å²) in [7, 11) is 0. The second kappa shape index (κ2) is 7.80. The number of piperazine rings is 1. The second-order valence-electron chi connectivity index (χ2n) is 7.31. The monoisotopic (exact) mass is 358 g/mol. The van der Waals surface area contributed by atoms with E-state index in [0.717, 1.165) is 51.4 Å². The van der Waals surface area contributed by atoms with E-state index >= 15 is 0 Å². The molecule has 140 valence electrons. The third-order valence-corrected chi connectivity index (χ3v) is 5.85. The van der Waals surface area contributed by atoms with E-state index in [4.69, 9.17) is 0 Å². The lowest BCUT2D eigenvalue weighted by Crippen LogP contribution is -2.48. The zero-order chi connectivity index (χ0) is 17.9. The van der Waals surface area contributed by atoms with Gasteiger partial charge in [0.15, 0.2) is 5.82 Å². The molecule has 6 nitrogen and oxygen atoms in total. The molecule has 0 bridgehead atoms. The van der Waals surface area contributed by atoms with Gasteiger partial charge in [0.2, 0.25) is 0 Å². The Labute approximate surface area is 154 Å². The predicted molar refractivity (Wildman–Crippen MR) is 97.3 cm³/mol. The zero-order valence-corrected chi connectivity index (χ0v) is 15.4. The SMILES string of the molecule is CCN1CCN([C@H](c2ccccc2F)c2nnnn2C2CCCC2)CC1. The fraction of sp³-hybridized carbons (Fsp3) is 0.632. The molecule has 2 aliphatic rings. The van der Waals surface area contributed by atoms with Gasteiger partial charge in [0.05, 0.1) is 6.04 Å². The first kappa shape index (κ1) is 17.5. The van der Waals surface area contributed by atoms with Gasteiger partial charge in [-0.25, -0.2) is 9.07 Å². The van der Waals surface area contributed by atoms with Crippen molar-refractivity contribution in [1.82, 2.24) is 30.0 Å². The molecule has 26 heavy (non-hydrogen) atoms. The molecular formula is C19H27FN6. The third kappa shape index (κ3) is 3.38. The highest BCUT2D eigenvalue weighted by molar-refractivity contribution is 5.27. The van der Waals surface area contributed by atoms with Crippen molar-refractivity contribution < 1.29 is 4.39 Å². The molecule has 0 radical (unpaired) electrons. The standard InChI is InChI=1S/C19H27FN6/c1-2-24-11-13-25(14-12-24)18(16-9-5-6-10-17(16)20)19-21-22-23-26(19)15-7-3-4-8-15/h5-6,9-10,15,18H,2-4,7-8,11-14H2,1H3/t18-/m1/s1. The van der Waals surface area contributed by atoms with Gasteiger partial charge in [-0.05, 0) is 35.9 Å². The van der Waals surface area contributed by atoms with Crippen LogP contribution in [0.4, 0.5) is 4.39 Å². The molecule has 0 amide bonds. The lowest BCUT2D eigenvalue weighted by atomic mass is 10.0. The Morgan fingerprint density at radius 2 is 1.85 bits per heavy atom. The van der Waals surface area contributed by atoms with Gasteiger partial charge in [0.1, 0.15) is 11.9 Å². The van der Waals surface area contributed by atoms with Crippen LogP contribution in [0, 0.1) is 5.82 Å². The summed E-state index contributed by atoms with van der Waals surface area (Å²) in [6.07, 6.45) is 4.63. The molecule has 1 saturated carbocycles. The van der Waals surface area contributed by atoms with Crippen molar-refractivity contribution in [2.45, 2.75) is 44.7 Å². The van der Waals surface area contributed by atoms with Crippen molar-refractivity contribution >= 4 is 0 Å². The molecule has 0 unspecified atom stereocenters. The predicted octanol–water partition coefficient (Wildman–Crippen LogP) is 2.65. The molecule has 4 rings (SSSR count). The molecule has 1 aliphatic carbocycles. The highest BCUT2D eigenvalue weighted by Gasteiger charge is 2.34. The number of hydrogen-bond acceptors (Lipinski definition) is 5. The van der Waals surface area contributed by atoms with Crippen LogP contribution in [0.3, 0.4) is 0 Å². The molecule has 1 aromatic carbocycles. The zero-order valence-electron chi connectivity index (χ0n) is 15.4. The summed E-state index contributed by atoms with van der Waals surface area (Å²) in [4.78, 5) is 4.76. The van der Waals surface area contributed by atoms with Gasteiger partial charge in [-0.2, -0.15) is 0 Å². The van der Waals surface area contributed by atoms with E-state index in [1.165, 1.54) is 18.9 Å². The van der Waals surface area contributed by atoms with Gasteiger partial charge < -0.3 is 4.90 Å². The molecule has 2 aromatic rings. The van der Waals surface area contributed by atoms with Crippen LogP contribution in [0.5, 0.6) is 0 Å². The summed E-state index contributed by atoms with van der Waals surface area (Å²) in [6, 6.07) is 7.16. The van der Waals surface area contributed by atoms with Gasteiger partial charge in [0, 0.05) is 31.7 Å². The molecule has 1 atom stereocenters. The van der Waals surface area contributed by atoms with E-state index in [0.29, 0.717) is 11.6 Å². The highest BCUT2D eigenvalue weighted by Crippen LogP contribution is 2.35. The minimum atomic E-state index is -0.231. The summed E-state index contributed by atoms with van der Waals surface area (Å²) in [6.45, 7) is 7.01. The maximum atomic E-state index is 14.7. The Morgan fingerprint density at radius 3 is 2.54 bits per heavy atom. The Bertz CT molecular complexity index is 718. The molecule has 2 heterocycles. The van der Waals surface area contributed by atoms with E-state index in [1.807, 2.05) is 16.8 Å². The number of likely N-dealkylation sites (N-methyl/N-ethyl adjacent to an activating group) is 1. The summed E-state index contributed by atoms with van der Waals surface area (Å²) < 4.78 is 16.7. The molecule has 2 fully saturated rings. The van der Waals surface area contributed by atoms with E-state index in [-0.39, 0.29) is 11.9 Å². The van der Waals surface area contributed by atoms with Crippen molar-refractivity contribution in [3.05, 3.63) is 41.5 Å². The van der Waals surface area contributed by atoms with E-state index in [9.17, 15) is 4.39 Å². The molecule has 1 aliphatic heterocycles. The number of hydrogen-bond donors (Lipinski definition) is 0. The normalized spacial score (nSPS) is 21.3. The van der Waals surface area contributed by atoms with Gasteiger partial charge in [-0.15, -0.1) is 5.10 Å². The first-order chi connectivity index (χ1) is 12.8. The van der Waals surface area contributed by atoms with E-state index in [2.05, 4.69) is 32.2 Å². The molecule has 1 aromatic heterocycles. The number of aromatic nitrogens is 4. The number of nitrogens with zero attached hydrogens (tertiary/aromatic N) is 6. The molecule has 0 N–H and O–H groups in total. The van der Waals surface area contributed by atoms with Crippen LogP contribution in [-0.2, 0) is 0 Å². The highest BCUT2D eigenvalue weighted by atomic mass is 19.1. The maximum absolute atomic E-state index is 14.7. The lowest BCUT2D eigenvalue weighted by molar-refractivity contribution is 0.106. The Morgan fingerprint density at radius 1 is 1.12 bits per heavy atom. The number of rotatable bonds is 5. The minimum absolute atomic E-state index is 0.184. The average Bonchev–Trinajstić information content (AvgIpc) is 3.35. The fourth-order valence-corrected chi connectivity index (χ4v) is 4.32. The third-order valence-electron chi connectivity index (χ3n) is 5.85. The Kier molecular flexibility index (Phi) is 5.26. The quantitative estimate of drug-likeness (QED) is 0.822. The van der Waals surface area contributed by atoms with Crippen molar-refractivity contribution in [2.24, 2.45) is 0 Å².